The van der Waals surface area contributed by atoms with Crippen LogP contribution in [0, 0.1) is 6.92 Å². The number of nitrogens with two attached hydrogens (primary N) is 1. The van der Waals surface area contributed by atoms with Gasteiger partial charge < -0.3 is 30.2 Å². The summed E-state index contributed by atoms with van der Waals surface area (Å²) in [4.78, 5) is 17.5. The van der Waals surface area contributed by atoms with Crippen LogP contribution in [0.3, 0.4) is 0 Å². The molecule has 5 heterocycles. The minimum Gasteiger partial charge on any atom is -0.491 e. The molecule has 1 saturated heterocycles. The fourth-order valence-electron chi connectivity index (χ4n) is 4.69. The maximum Gasteiger partial charge on any atom is 0.173 e. The van der Waals surface area contributed by atoms with Crippen LogP contribution in [-0.2, 0) is 4.74 Å². The molecule has 0 aliphatic carbocycles. The van der Waals surface area contributed by atoms with E-state index in [1.807, 2.05) is 37.3 Å². The summed E-state index contributed by atoms with van der Waals surface area (Å²) in [6.07, 6.45) is -0.465. The quantitative estimate of drug-likeness (QED) is 0.310. The fourth-order valence-corrected chi connectivity index (χ4v) is 4.69. The first-order chi connectivity index (χ1) is 18.4. The zero-order chi connectivity index (χ0) is 26.4. The molecule has 194 valence electrons. The van der Waals surface area contributed by atoms with Crippen LogP contribution in [-0.4, -0.2) is 61.6 Å². The molecule has 5 aromatic rings. The molecule has 6 rings (SSSR count). The van der Waals surface area contributed by atoms with Gasteiger partial charge in [-0.2, -0.15) is 0 Å². The van der Waals surface area contributed by atoms with Crippen molar-refractivity contribution in [1.29, 1.82) is 0 Å². The average molecular weight is 516 g/mol. The molecule has 4 N–H and O–H groups in total. The zero-order valence-electron chi connectivity index (χ0n) is 20.7. The topological polar surface area (TPSA) is 133 Å². The van der Waals surface area contributed by atoms with Gasteiger partial charge in [0.2, 0.25) is 0 Å². The summed E-state index contributed by atoms with van der Waals surface area (Å²) >= 11 is 0. The zero-order valence-corrected chi connectivity index (χ0v) is 20.7. The first-order valence-corrected chi connectivity index (χ1v) is 12.2. The number of alkyl halides is 1. The molecule has 1 aliphatic heterocycles. The van der Waals surface area contributed by atoms with E-state index in [-0.39, 0.29) is 12.4 Å². The van der Waals surface area contributed by atoms with Gasteiger partial charge in [0.15, 0.2) is 12.4 Å². The normalized spacial score (nSPS) is 21.3. The van der Waals surface area contributed by atoms with E-state index < -0.39 is 24.6 Å². The molecule has 4 atom stereocenters. The second kappa shape index (κ2) is 9.51. The Morgan fingerprint density at radius 1 is 1.16 bits per heavy atom. The third-order valence-corrected chi connectivity index (χ3v) is 6.73. The van der Waals surface area contributed by atoms with Crippen molar-refractivity contribution in [2.75, 3.05) is 24.7 Å². The van der Waals surface area contributed by atoms with Gasteiger partial charge in [-0.05, 0) is 42.8 Å². The molecule has 1 aromatic carbocycles. The number of anilines is 2. The van der Waals surface area contributed by atoms with Gasteiger partial charge in [-0.25, -0.2) is 19.3 Å². The molecule has 0 amide bonds. The lowest BCUT2D eigenvalue weighted by Crippen LogP contribution is -2.32. The molecule has 0 spiro atoms. The van der Waals surface area contributed by atoms with E-state index in [0.717, 1.165) is 22.3 Å². The number of pyridine rings is 2. The highest BCUT2D eigenvalue weighted by molar-refractivity contribution is 5.99. The van der Waals surface area contributed by atoms with E-state index in [4.69, 9.17) is 15.2 Å². The summed E-state index contributed by atoms with van der Waals surface area (Å²) in [5.41, 5.74) is 9.61. The number of benzene rings is 1. The van der Waals surface area contributed by atoms with Gasteiger partial charge in [0, 0.05) is 36.5 Å². The van der Waals surface area contributed by atoms with Crippen LogP contribution < -0.4 is 15.8 Å². The molecule has 38 heavy (non-hydrogen) atoms. The van der Waals surface area contributed by atoms with Gasteiger partial charge in [0.1, 0.15) is 48.2 Å². The van der Waals surface area contributed by atoms with Gasteiger partial charge in [-0.15, -0.1) is 0 Å². The van der Waals surface area contributed by atoms with Crippen molar-refractivity contribution in [3.05, 3.63) is 66.7 Å². The summed E-state index contributed by atoms with van der Waals surface area (Å²) in [7, 11) is 1.80. The van der Waals surface area contributed by atoms with Crippen molar-refractivity contribution < 1.29 is 19.0 Å². The van der Waals surface area contributed by atoms with Gasteiger partial charge in [0.05, 0.1) is 16.6 Å². The monoisotopic (exact) mass is 515 g/mol. The number of hydrogen-bond donors (Lipinski definition) is 3. The molecular weight excluding hydrogens is 489 g/mol. The molecule has 0 saturated carbocycles. The minimum absolute atomic E-state index is 0.0575. The predicted molar refractivity (Wildman–Crippen MR) is 142 cm³/mol. The van der Waals surface area contributed by atoms with Crippen molar-refractivity contribution in [2.45, 2.75) is 31.5 Å². The van der Waals surface area contributed by atoms with Crippen LogP contribution in [0.25, 0.3) is 33.2 Å². The highest BCUT2D eigenvalue weighted by Gasteiger charge is 2.46. The minimum atomic E-state index is -1.73. The average Bonchev–Trinajstić information content (AvgIpc) is 3.45. The first-order valence-electron chi connectivity index (χ1n) is 12.2. The van der Waals surface area contributed by atoms with Crippen molar-refractivity contribution in [3.63, 3.8) is 0 Å². The summed E-state index contributed by atoms with van der Waals surface area (Å²) in [5.74, 6) is 1.51. The van der Waals surface area contributed by atoms with Crippen LogP contribution in [0.15, 0.2) is 61.2 Å². The second-order valence-electron chi connectivity index (χ2n) is 9.24. The van der Waals surface area contributed by atoms with Crippen molar-refractivity contribution in [2.24, 2.45) is 0 Å². The number of rotatable bonds is 6. The Balaban J connectivity index is 1.27. The van der Waals surface area contributed by atoms with E-state index in [9.17, 15) is 5.11 Å². The number of nitrogens with zero attached hydrogens (tertiary/aromatic N) is 5. The maximum atomic E-state index is 15.5. The molecule has 1 aliphatic rings. The third kappa shape index (κ3) is 4.15. The van der Waals surface area contributed by atoms with Crippen molar-refractivity contribution in [1.82, 2.24) is 24.5 Å². The fraction of sp³-hybridized carbons (Fsp3) is 0.259. The van der Waals surface area contributed by atoms with Gasteiger partial charge in [-0.1, -0.05) is 6.07 Å². The van der Waals surface area contributed by atoms with E-state index in [1.165, 1.54) is 10.9 Å². The smallest absolute Gasteiger partial charge is 0.173 e. The number of aryl methyl sites for hydroxylation is 1. The third-order valence-electron chi connectivity index (χ3n) is 6.73. The van der Waals surface area contributed by atoms with Crippen LogP contribution >= 0.6 is 0 Å². The standard InChI is InChI=1S/C27H26FN7O3/c1-14-3-7-18(31-10-14)17-11-35(26-22(17)25(29)32-13-33-26)27-23(28)24(36)20(38-27)12-37-16-6-4-15-5-8-21(30-2)34-19(15)9-16/h3-11,13,20,23-24,27,36H,12H2,1-2H3,(H,30,34)(H2,29,32,33)/t20-,23+,24-,27-/m1/s1. The number of aromatic nitrogens is 5. The number of ether oxygens (including phenoxy) is 2. The summed E-state index contributed by atoms with van der Waals surface area (Å²) in [6.45, 7) is 1.88. The molecule has 1 fully saturated rings. The molecule has 0 radical (unpaired) electrons. The summed E-state index contributed by atoms with van der Waals surface area (Å²) < 4.78 is 28.9. The van der Waals surface area contributed by atoms with Crippen LogP contribution in [0.4, 0.5) is 16.0 Å². The van der Waals surface area contributed by atoms with Gasteiger partial charge >= 0.3 is 0 Å². The summed E-state index contributed by atoms with van der Waals surface area (Å²) in [6, 6.07) is 13.1. The lowest BCUT2D eigenvalue weighted by Gasteiger charge is -2.17. The number of halogens is 1. The Bertz CT molecular complexity index is 1630. The number of aliphatic hydroxyl groups excluding tert-OH is 1. The predicted octanol–water partition coefficient (Wildman–Crippen LogP) is 3.65. The number of nitrogens with one attached hydrogen (secondary N) is 1. The van der Waals surface area contributed by atoms with E-state index in [0.29, 0.717) is 28.0 Å². The Labute approximate surface area is 217 Å². The maximum absolute atomic E-state index is 15.5. The molecule has 4 aromatic heterocycles. The van der Waals surface area contributed by atoms with E-state index in [2.05, 4.69) is 25.3 Å². The molecule has 0 bridgehead atoms. The number of aliphatic hydroxyl groups is 1. The van der Waals surface area contributed by atoms with Crippen LogP contribution in [0.5, 0.6) is 5.75 Å². The molecule has 11 heteroatoms. The van der Waals surface area contributed by atoms with E-state index in [1.54, 1.807) is 31.6 Å². The van der Waals surface area contributed by atoms with E-state index >= 15 is 4.39 Å². The molecular formula is C27H26FN7O3. The highest BCUT2D eigenvalue weighted by Crippen LogP contribution is 2.39. The summed E-state index contributed by atoms with van der Waals surface area (Å²) in [5, 5.41) is 15.2. The Morgan fingerprint density at radius 2 is 2.00 bits per heavy atom. The largest absolute Gasteiger partial charge is 0.491 e. The Morgan fingerprint density at radius 3 is 2.79 bits per heavy atom. The van der Waals surface area contributed by atoms with Gasteiger partial charge in [0.25, 0.3) is 0 Å². The van der Waals surface area contributed by atoms with Crippen molar-refractivity contribution in [3.8, 4) is 17.0 Å². The number of nitrogen functional groups attached to an aromatic ring is 1. The Kier molecular flexibility index (Phi) is 6.01. The van der Waals surface area contributed by atoms with Gasteiger partial charge in [-0.3, -0.25) is 4.98 Å². The number of fused-ring (bicyclic) bond motifs is 2. The van der Waals surface area contributed by atoms with Crippen LogP contribution in [0.2, 0.25) is 0 Å². The molecule has 10 nitrogen and oxygen atoms in total. The number of hydrogen-bond acceptors (Lipinski definition) is 9. The van der Waals surface area contributed by atoms with Crippen LogP contribution in [0.1, 0.15) is 11.8 Å². The second-order valence-corrected chi connectivity index (χ2v) is 9.24. The lowest BCUT2D eigenvalue weighted by molar-refractivity contribution is -0.0410. The lowest BCUT2D eigenvalue weighted by atomic mass is 10.1. The first kappa shape index (κ1) is 24.0. The molecule has 0 unspecified atom stereocenters. The van der Waals surface area contributed by atoms with Crippen molar-refractivity contribution >= 4 is 33.6 Å². The SMILES string of the molecule is CNc1ccc2ccc(OC[C@H]3O[C@@H](n4cc(-c5ccc(C)cn5)c5c(N)ncnc54)[C@@H](F)[C@@H]3O)cc2n1. The Hall–Kier alpha value is -4.35. The highest BCUT2D eigenvalue weighted by atomic mass is 19.1.